The van der Waals surface area contributed by atoms with Crippen molar-refractivity contribution in [1.29, 1.82) is 0 Å². The van der Waals surface area contributed by atoms with Gasteiger partial charge in [-0.2, -0.15) is 0 Å². The smallest absolute Gasteiger partial charge is 0.134 e. The van der Waals surface area contributed by atoms with E-state index in [-0.39, 0.29) is 5.66 Å². The monoisotopic (exact) mass is 274 g/mol. The van der Waals surface area contributed by atoms with E-state index >= 15 is 0 Å². The Labute approximate surface area is 125 Å². The van der Waals surface area contributed by atoms with Gasteiger partial charge < -0.3 is 10.2 Å². The summed E-state index contributed by atoms with van der Waals surface area (Å²) in [6.45, 7) is 2.23. The third-order valence-corrected chi connectivity index (χ3v) is 4.63. The Hall–Kier alpha value is -2.48. The number of nitrogens with zero attached hydrogens (tertiary/aromatic N) is 1. The first-order valence-corrected chi connectivity index (χ1v) is 7.29. The van der Waals surface area contributed by atoms with E-state index in [4.69, 9.17) is 0 Å². The molecule has 1 unspecified atom stereocenters. The van der Waals surface area contributed by atoms with E-state index in [1.165, 1.54) is 27.7 Å². The first kappa shape index (κ1) is 12.3. The third-order valence-electron chi connectivity index (χ3n) is 4.63. The lowest BCUT2D eigenvalue weighted by Crippen LogP contribution is -2.49. The van der Waals surface area contributed by atoms with Gasteiger partial charge in [-0.25, -0.2) is 0 Å². The van der Waals surface area contributed by atoms with Gasteiger partial charge in [-0.3, -0.25) is 0 Å². The molecular weight excluding hydrogens is 256 g/mol. The number of nitrogens with one attached hydrogen (secondary N) is 1. The van der Waals surface area contributed by atoms with Crippen molar-refractivity contribution >= 4 is 22.1 Å². The van der Waals surface area contributed by atoms with Gasteiger partial charge in [0.05, 0.1) is 0 Å². The van der Waals surface area contributed by atoms with Gasteiger partial charge in [-0.05, 0) is 30.0 Å². The molecule has 3 aromatic carbocycles. The number of rotatable bonds is 1. The first-order valence-electron chi connectivity index (χ1n) is 7.29. The van der Waals surface area contributed by atoms with Crippen LogP contribution in [0.5, 0.6) is 0 Å². The quantitative estimate of drug-likeness (QED) is 0.699. The lowest BCUT2D eigenvalue weighted by Gasteiger charge is -2.46. The molecule has 0 spiro atoms. The van der Waals surface area contributed by atoms with Crippen LogP contribution in [0.4, 0.5) is 11.4 Å². The van der Waals surface area contributed by atoms with Gasteiger partial charge in [-0.1, -0.05) is 54.6 Å². The molecular formula is C19H18N2. The molecule has 0 saturated carbocycles. The predicted molar refractivity (Wildman–Crippen MR) is 89.8 cm³/mol. The molecule has 0 amide bonds. The minimum atomic E-state index is -0.246. The molecule has 1 aliphatic heterocycles. The summed E-state index contributed by atoms with van der Waals surface area (Å²) in [5.74, 6) is 0. The topological polar surface area (TPSA) is 15.3 Å². The molecule has 0 fully saturated rings. The third kappa shape index (κ3) is 1.65. The molecule has 2 nitrogen and oxygen atoms in total. The maximum absolute atomic E-state index is 3.73. The summed E-state index contributed by atoms with van der Waals surface area (Å²) in [5, 5.41) is 6.31. The first-order chi connectivity index (χ1) is 10.2. The second-order valence-corrected chi connectivity index (χ2v) is 5.80. The summed E-state index contributed by atoms with van der Waals surface area (Å²) in [6, 6.07) is 23.6. The second kappa shape index (κ2) is 4.26. The van der Waals surface area contributed by atoms with Crippen LogP contribution in [0.3, 0.4) is 0 Å². The van der Waals surface area contributed by atoms with Crippen LogP contribution < -0.4 is 10.2 Å². The van der Waals surface area contributed by atoms with E-state index in [0.717, 1.165) is 0 Å². The zero-order chi connectivity index (χ0) is 14.4. The van der Waals surface area contributed by atoms with Crippen LogP contribution in [0.1, 0.15) is 12.5 Å². The summed E-state index contributed by atoms with van der Waals surface area (Å²) in [4.78, 5) is 2.33. The molecule has 0 aliphatic carbocycles. The minimum absolute atomic E-state index is 0.246. The van der Waals surface area contributed by atoms with Gasteiger partial charge >= 0.3 is 0 Å². The molecule has 0 bridgehead atoms. The highest BCUT2D eigenvalue weighted by molar-refractivity contribution is 6.05. The fourth-order valence-corrected chi connectivity index (χ4v) is 3.32. The Balaban J connectivity index is 1.97. The maximum atomic E-state index is 3.73. The Morgan fingerprint density at radius 3 is 2.33 bits per heavy atom. The predicted octanol–water partition coefficient (Wildman–Crippen LogP) is 4.57. The highest BCUT2D eigenvalue weighted by Gasteiger charge is 2.36. The van der Waals surface area contributed by atoms with Crippen molar-refractivity contribution in [3.05, 3.63) is 72.3 Å². The van der Waals surface area contributed by atoms with Gasteiger partial charge in [0.2, 0.25) is 0 Å². The molecule has 104 valence electrons. The van der Waals surface area contributed by atoms with E-state index in [9.17, 15) is 0 Å². The Morgan fingerprint density at radius 2 is 1.57 bits per heavy atom. The van der Waals surface area contributed by atoms with Gasteiger partial charge in [0.15, 0.2) is 0 Å². The van der Waals surface area contributed by atoms with Crippen LogP contribution in [0.25, 0.3) is 10.8 Å². The van der Waals surface area contributed by atoms with Crippen LogP contribution >= 0.6 is 0 Å². The maximum Gasteiger partial charge on any atom is 0.134 e. The van der Waals surface area contributed by atoms with Crippen molar-refractivity contribution in [3.8, 4) is 0 Å². The van der Waals surface area contributed by atoms with Crippen LogP contribution in [-0.4, -0.2) is 7.05 Å². The number of anilines is 2. The van der Waals surface area contributed by atoms with Crippen molar-refractivity contribution in [2.24, 2.45) is 0 Å². The van der Waals surface area contributed by atoms with Crippen molar-refractivity contribution < 1.29 is 0 Å². The molecule has 2 heteroatoms. The number of benzene rings is 3. The van der Waals surface area contributed by atoms with Crippen LogP contribution in [0.2, 0.25) is 0 Å². The fraction of sp³-hybridized carbons (Fsp3) is 0.158. The summed E-state index contributed by atoms with van der Waals surface area (Å²) >= 11 is 0. The van der Waals surface area contributed by atoms with Crippen molar-refractivity contribution in [3.63, 3.8) is 0 Å². The zero-order valence-corrected chi connectivity index (χ0v) is 12.3. The molecule has 3 aromatic rings. The summed E-state index contributed by atoms with van der Waals surface area (Å²) in [6.07, 6.45) is 0. The molecule has 21 heavy (non-hydrogen) atoms. The van der Waals surface area contributed by atoms with E-state index in [0.29, 0.717) is 0 Å². The summed E-state index contributed by atoms with van der Waals surface area (Å²) in [5.41, 5.74) is 3.49. The molecule has 0 radical (unpaired) electrons. The molecule has 1 aliphatic rings. The van der Waals surface area contributed by atoms with E-state index < -0.39 is 0 Å². The molecule has 0 aromatic heterocycles. The second-order valence-electron chi connectivity index (χ2n) is 5.80. The standard InChI is InChI=1S/C19H18N2/c1-19(15-10-4-3-5-11-15)20-16-12-6-8-14-9-7-13-17(18(14)16)21(19)2/h3-13,20H,1-2H3. The molecule has 0 saturated heterocycles. The average molecular weight is 274 g/mol. The summed E-state index contributed by atoms with van der Waals surface area (Å²) in [7, 11) is 2.16. The normalized spacial score (nSPS) is 20.4. The van der Waals surface area contributed by atoms with Crippen molar-refractivity contribution in [2.75, 3.05) is 17.3 Å². The molecule has 1 atom stereocenters. The van der Waals surface area contributed by atoms with Gasteiger partial charge in [0, 0.05) is 23.8 Å². The SMILES string of the molecule is CN1c2cccc3cccc(c23)NC1(C)c1ccccc1. The fourth-order valence-electron chi connectivity index (χ4n) is 3.32. The van der Waals surface area contributed by atoms with Gasteiger partial charge in [0.1, 0.15) is 5.66 Å². The van der Waals surface area contributed by atoms with Crippen molar-refractivity contribution in [1.82, 2.24) is 0 Å². The number of hydrogen-bond acceptors (Lipinski definition) is 2. The lowest BCUT2D eigenvalue weighted by molar-refractivity contribution is 0.528. The zero-order valence-electron chi connectivity index (χ0n) is 12.3. The highest BCUT2D eigenvalue weighted by Crippen LogP contribution is 2.44. The molecule has 4 rings (SSSR count). The van der Waals surface area contributed by atoms with Gasteiger partial charge in [0.25, 0.3) is 0 Å². The van der Waals surface area contributed by atoms with Crippen LogP contribution in [0.15, 0.2) is 66.7 Å². The average Bonchev–Trinajstić information content (AvgIpc) is 2.53. The van der Waals surface area contributed by atoms with Crippen LogP contribution in [-0.2, 0) is 5.66 Å². The summed E-state index contributed by atoms with van der Waals surface area (Å²) < 4.78 is 0. The largest absolute Gasteiger partial charge is 0.359 e. The Kier molecular flexibility index (Phi) is 2.49. The molecule has 1 heterocycles. The van der Waals surface area contributed by atoms with E-state index in [1.54, 1.807) is 0 Å². The van der Waals surface area contributed by atoms with E-state index in [2.05, 4.69) is 90.9 Å². The Bertz CT molecular complexity index is 805. The van der Waals surface area contributed by atoms with Gasteiger partial charge in [-0.15, -0.1) is 0 Å². The molecule has 1 N–H and O–H groups in total. The number of hydrogen-bond donors (Lipinski definition) is 1. The lowest BCUT2D eigenvalue weighted by atomic mass is 9.93. The highest BCUT2D eigenvalue weighted by atomic mass is 15.3. The van der Waals surface area contributed by atoms with Crippen molar-refractivity contribution in [2.45, 2.75) is 12.6 Å². The minimum Gasteiger partial charge on any atom is -0.359 e. The van der Waals surface area contributed by atoms with E-state index in [1.807, 2.05) is 0 Å². The van der Waals surface area contributed by atoms with Crippen LogP contribution in [0, 0.1) is 0 Å². The Morgan fingerprint density at radius 1 is 0.857 bits per heavy atom.